The van der Waals surface area contributed by atoms with E-state index in [4.69, 9.17) is 0 Å². The molecule has 0 fully saturated rings. The van der Waals surface area contributed by atoms with Gasteiger partial charge in [0.1, 0.15) is 0 Å². The van der Waals surface area contributed by atoms with E-state index >= 15 is 0 Å². The molecule has 0 heterocycles. The minimum absolute atomic E-state index is 0.293. The van der Waals surface area contributed by atoms with Crippen molar-refractivity contribution in [3.05, 3.63) is 78.8 Å². The molecule has 3 aromatic rings. The summed E-state index contributed by atoms with van der Waals surface area (Å²) in [6, 6.07) is 13.2. The van der Waals surface area contributed by atoms with Crippen LogP contribution in [0, 0.1) is 0 Å². The monoisotopic (exact) mass is 403 g/mol. The van der Waals surface area contributed by atoms with Gasteiger partial charge in [-0.05, 0) is 30.1 Å². The van der Waals surface area contributed by atoms with Gasteiger partial charge in [0.15, 0.2) is 5.36 Å². The minimum atomic E-state index is -0.635. The topological polar surface area (TPSA) is 87.6 Å². The minimum Gasteiger partial charge on any atom is -0.287 e. The Labute approximate surface area is 148 Å². The van der Waals surface area contributed by atoms with E-state index in [1.807, 2.05) is 24.3 Å². The number of hydrogen-bond donors (Lipinski definition) is 2. The Morgan fingerprint density at radius 2 is 1.67 bits per heavy atom. The van der Waals surface area contributed by atoms with E-state index in [1.165, 1.54) is 0 Å². The summed E-state index contributed by atoms with van der Waals surface area (Å²) in [5.41, 5.74) is 1.19. The first kappa shape index (κ1) is 16.4. The highest BCUT2D eigenvalue weighted by molar-refractivity contribution is 9.10. The molecule has 0 atom stereocenters. The van der Waals surface area contributed by atoms with Gasteiger partial charge >= 0.3 is 6.03 Å². The molecule has 0 unspecified atom stereocenters. The molecule has 0 spiro atoms. The van der Waals surface area contributed by atoms with E-state index in [0.717, 1.165) is 21.3 Å². The van der Waals surface area contributed by atoms with E-state index in [2.05, 4.69) is 31.2 Å². The largest absolute Gasteiger partial charge is 0.345 e. The second kappa shape index (κ2) is 6.98. The number of benzene rings is 2. The molecule has 2 N–H and O–H groups in total. The molecule has 2 amide bonds. The van der Waals surface area contributed by atoms with Crippen LogP contribution in [0.1, 0.15) is 0 Å². The molecule has 0 aromatic heterocycles. The van der Waals surface area contributed by atoms with Crippen LogP contribution in [-0.2, 0) is 0 Å². The molecule has 0 bridgehead atoms. The predicted molar refractivity (Wildman–Crippen MR) is 96.1 cm³/mol. The number of urea groups is 1. The molecule has 8 heteroatoms. The van der Waals surface area contributed by atoms with Crippen LogP contribution in [-0.4, -0.2) is 6.03 Å². The lowest BCUT2D eigenvalue weighted by Gasteiger charge is -2.03. The number of rotatable bonds is 3. The van der Waals surface area contributed by atoms with Crippen molar-refractivity contribution in [3.8, 4) is 0 Å². The number of fused-ring (bicyclic) bond motifs is 1. The molecular formula is C16H10BrN3O3S. The fraction of sp³-hybridized carbons (Fsp3) is 0. The zero-order valence-corrected chi connectivity index (χ0v) is 14.5. The molecule has 24 heavy (non-hydrogen) atoms. The number of nitrogens with zero attached hydrogens (tertiary/aromatic N) is 1. The van der Waals surface area contributed by atoms with Gasteiger partial charge in [0.2, 0.25) is 10.9 Å². The number of carbonyl (C=O) groups excluding carboxylic acids is 1. The molecule has 3 aromatic carbocycles. The first-order valence-electron chi connectivity index (χ1n) is 6.81. The highest BCUT2D eigenvalue weighted by Crippen LogP contribution is 2.19. The van der Waals surface area contributed by atoms with Gasteiger partial charge in [0.05, 0.1) is 0 Å². The van der Waals surface area contributed by atoms with Crippen molar-refractivity contribution in [2.75, 3.05) is 0 Å². The number of nitrogens with one attached hydrogen (secondary N) is 2. The Hall–Kier alpha value is -2.45. The van der Waals surface area contributed by atoms with E-state index < -0.39 is 16.9 Å². The van der Waals surface area contributed by atoms with Crippen molar-refractivity contribution < 1.29 is 4.79 Å². The second-order valence-corrected chi connectivity index (χ2v) is 6.56. The Kier molecular flexibility index (Phi) is 4.77. The van der Waals surface area contributed by atoms with E-state index in [1.54, 1.807) is 24.3 Å². The average Bonchev–Trinajstić information content (AvgIpc) is 2.83. The average molecular weight is 404 g/mol. The van der Waals surface area contributed by atoms with E-state index in [-0.39, 0.29) is 5.36 Å². The fourth-order valence-electron chi connectivity index (χ4n) is 2.10. The molecule has 0 radical (unpaired) electrons. The van der Waals surface area contributed by atoms with Gasteiger partial charge in [0, 0.05) is 20.1 Å². The summed E-state index contributed by atoms with van der Waals surface area (Å²) in [6.07, 6.45) is 0. The quantitative estimate of drug-likeness (QED) is 0.517. The maximum Gasteiger partial charge on any atom is 0.345 e. The number of halogens is 1. The first-order chi connectivity index (χ1) is 11.6. The summed E-state index contributed by atoms with van der Waals surface area (Å²) in [6.45, 7) is 0. The Morgan fingerprint density at radius 1 is 1.00 bits per heavy atom. The summed E-state index contributed by atoms with van der Waals surface area (Å²) in [5, 5.41) is 3.97. The van der Waals surface area contributed by atoms with Crippen LogP contribution in [0.2, 0.25) is 0 Å². The molecule has 0 saturated carbocycles. The fourth-order valence-corrected chi connectivity index (χ4v) is 3.24. The lowest BCUT2D eigenvalue weighted by atomic mass is 10.2. The standard InChI is InChI=1S/C16H10BrN3O3S/c17-9-4-3-5-10(8-9)24-20-16(23)19-18-13-14(21)11-6-1-2-7-12(11)15(13)22/h1-8H,(H2,19,20,23). The van der Waals surface area contributed by atoms with Crippen molar-refractivity contribution in [1.82, 2.24) is 10.1 Å². The maximum absolute atomic E-state index is 12.1. The van der Waals surface area contributed by atoms with Crippen LogP contribution < -0.4 is 26.4 Å². The van der Waals surface area contributed by atoms with Crippen molar-refractivity contribution in [2.45, 2.75) is 4.90 Å². The summed E-state index contributed by atoms with van der Waals surface area (Å²) >= 11 is 4.42. The smallest absolute Gasteiger partial charge is 0.287 e. The highest BCUT2D eigenvalue weighted by Gasteiger charge is 2.10. The zero-order chi connectivity index (χ0) is 17.1. The number of hydrogen-bond acceptors (Lipinski definition) is 5. The number of amides is 2. The van der Waals surface area contributed by atoms with Gasteiger partial charge in [-0.3, -0.25) is 14.3 Å². The van der Waals surface area contributed by atoms with Crippen molar-refractivity contribution in [1.29, 1.82) is 0 Å². The lowest BCUT2D eigenvalue weighted by molar-refractivity contribution is 0.246. The van der Waals surface area contributed by atoms with Gasteiger partial charge in [0.25, 0.3) is 0 Å². The Morgan fingerprint density at radius 3 is 2.29 bits per heavy atom. The third-order valence-electron chi connectivity index (χ3n) is 3.17. The molecule has 0 aliphatic heterocycles. The maximum atomic E-state index is 12.1. The third kappa shape index (κ3) is 3.39. The normalized spacial score (nSPS) is 10.5. The number of carbonyl (C=O) groups is 1. The van der Waals surface area contributed by atoms with Crippen LogP contribution in [0.5, 0.6) is 0 Å². The van der Waals surface area contributed by atoms with Crippen LogP contribution in [0.4, 0.5) is 4.79 Å². The van der Waals surface area contributed by atoms with Crippen LogP contribution in [0.15, 0.2) is 72.6 Å². The summed E-state index contributed by atoms with van der Waals surface area (Å²) < 4.78 is 3.40. The summed E-state index contributed by atoms with van der Waals surface area (Å²) in [7, 11) is 0. The van der Waals surface area contributed by atoms with Gasteiger partial charge in [-0.1, -0.05) is 46.3 Å². The van der Waals surface area contributed by atoms with Gasteiger partial charge in [-0.15, -0.1) is 0 Å². The first-order valence-corrected chi connectivity index (χ1v) is 8.42. The molecule has 3 rings (SSSR count). The lowest BCUT2D eigenvalue weighted by Crippen LogP contribution is -2.37. The van der Waals surface area contributed by atoms with Crippen LogP contribution in [0.3, 0.4) is 0 Å². The second-order valence-electron chi connectivity index (χ2n) is 4.77. The molecule has 0 saturated heterocycles. The van der Waals surface area contributed by atoms with Crippen molar-refractivity contribution in [3.63, 3.8) is 0 Å². The predicted octanol–water partition coefficient (Wildman–Crippen LogP) is 2.02. The van der Waals surface area contributed by atoms with E-state index in [9.17, 15) is 14.4 Å². The highest BCUT2D eigenvalue weighted by atomic mass is 79.9. The molecule has 6 nitrogen and oxygen atoms in total. The van der Waals surface area contributed by atoms with Crippen molar-refractivity contribution in [2.24, 2.45) is 5.10 Å². The SMILES string of the molecule is O=C(NN=c1c(=O)c2ccccc2c1=O)NSc1cccc(Br)c1. The zero-order valence-electron chi connectivity index (χ0n) is 12.1. The summed E-state index contributed by atoms with van der Waals surface area (Å²) in [4.78, 5) is 36.8. The van der Waals surface area contributed by atoms with E-state index in [0.29, 0.717) is 10.8 Å². The molecule has 0 aliphatic carbocycles. The van der Waals surface area contributed by atoms with Crippen LogP contribution >= 0.6 is 27.9 Å². The van der Waals surface area contributed by atoms with Crippen molar-refractivity contribution >= 4 is 44.7 Å². The molecule has 120 valence electrons. The third-order valence-corrected chi connectivity index (χ3v) is 4.44. The van der Waals surface area contributed by atoms with Gasteiger partial charge < -0.3 is 0 Å². The van der Waals surface area contributed by atoms with Crippen LogP contribution in [0.25, 0.3) is 10.8 Å². The summed E-state index contributed by atoms with van der Waals surface area (Å²) in [5.74, 6) is 0. The van der Waals surface area contributed by atoms with Gasteiger partial charge in [-0.2, -0.15) is 5.10 Å². The van der Waals surface area contributed by atoms with Gasteiger partial charge in [-0.25, -0.2) is 10.2 Å². The Bertz CT molecular complexity index is 1020. The Balaban J connectivity index is 1.75. The molecular weight excluding hydrogens is 394 g/mol. The molecule has 0 aliphatic rings.